The van der Waals surface area contributed by atoms with Gasteiger partial charge in [0, 0.05) is 10.7 Å². The van der Waals surface area contributed by atoms with E-state index in [1.54, 1.807) is 0 Å². The second-order valence-corrected chi connectivity index (χ2v) is 7.32. The number of aliphatic hydroxyl groups excluding tert-OH is 1. The number of halogens is 1. The van der Waals surface area contributed by atoms with Gasteiger partial charge in [0.1, 0.15) is 5.60 Å². The summed E-state index contributed by atoms with van der Waals surface area (Å²) < 4.78 is 6.27. The van der Waals surface area contributed by atoms with Crippen molar-refractivity contribution in [1.29, 1.82) is 0 Å². The van der Waals surface area contributed by atoms with Gasteiger partial charge in [0.05, 0.1) is 13.2 Å². The average molecular weight is 387 g/mol. The molecule has 1 aliphatic heterocycles. The van der Waals surface area contributed by atoms with Gasteiger partial charge in [-0.15, -0.1) is 0 Å². The maximum absolute atomic E-state index is 10.2. The van der Waals surface area contributed by atoms with Crippen molar-refractivity contribution >= 4 is 21.5 Å². The molecule has 1 saturated heterocycles. The smallest absolute Gasteiger partial charge is 0.103 e. The standard InChI is InChI=1S/C21H23BrO2/c1-17(18-8-4-2-5-9-18)12-20(15-23)13-21(14-22,24-16-20)19-10-6-3-7-11-19/h2-11,23H,1,12-16H2/t20-,21-/m1/s1. The molecule has 1 N–H and O–H groups in total. The molecule has 24 heavy (non-hydrogen) atoms. The lowest BCUT2D eigenvalue weighted by atomic mass is 9.74. The van der Waals surface area contributed by atoms with Crippen LogP contribution in [0.25, 0.3) is 5.57 Å². The third-order valence-electron chi connectivity index (χ3n) is 4.94. The first-order valence-corrected chi connectivity index (χ1v) is 9.35. The monoisotopic (exact) mass is 386 g/mol. The minimum absolute atomic E-state index is 0.0977. The van der Waals surface area contributed by atoms with Crippen molar-refractivity contribution in [3.63, 3.8) is 0 Å². The van der Waals surface area contributed by atoms with Gasteiger partial charge in [-0.2, -0.15) is 0 Å². The fourth-order valence-electron chi connectivity index (χ4n) is 3.59. The van der Waals surface area contributed by atoms with E-state index in [9.17, 15) is 5.11 Å². The van der Waals surface area contributed by atoms with Gasteiger partial charge in [-0.05, 0) is 29.5 Å². The largest absolute Gasteiger partial charge is 0.396 e. The van der Waals surface area contributed by atoms with Crippen LogP contribution in [0.1, 0.15) is 24.0 Å². The Morgan fingerprint density at radius 3 is 2.29 bits per heavy atom. The van der Waals surface area contributed by atoms with E-state index >= 15 is 0 Å². The van der Waals surface area contributed by atoms with Crippen LogP contribution in [0.3, 0.4) is 0 Å². The Hall–Kier alpha value is -1.42. The fourth-order valence-corrected chi connectivity index (χ4v) is 4.27. The third kappa shape index (κ3) is 3.34. The fraction of sp³-hybridized carbons (Fsp3) is 0.333. The first kappa shape index (κ1) is 17.4. The first-order valence-electron chi connectivity index (χ1n) is 8.23. The summed E-state index contributed by atoms with van der Waals surface area (Å²) >= 11 is 3.63. The molecule has 126 valence electrons. The van der Waals surface area contributed by atoms with E-state index < -0.39 is 0 Å². The van der Waals surface area contributed by atoms with Crippen molar-refractivity contribution in [2.75, 3.05) is 18.5 Å². The maximum Gasteiger partial charge on any atom is 0.103 e. The van der Waals surface area contributed by atoms with Crippen LogP contribution in [0.2, 0.25) is 0 Å². The Morgan fingerprint density at radius 1 is 1.08 bits per heavy atom. The molecule has 2 atom stereocenters. The lowest BCUT2D eigenvalue weighted by Crippen LogP contribution is -2.31. The van der Waals surface area contributed by atoms with E-state index in [2.05, 4.69) is 46.8 Å². The van der Waals surface area contributed by atoms with Crippen molar-refractivity contribution in [2.24, 2.45) is 5.41 Å². The molecule has 0 spiro atoms. The zero-order chi connectivity index (χ0) is 17.0. The Bertz CT molecular complexity index is 685. The molecule has 0 aromatic heterocycles. The molecule has 3 rings (SSSR count). The van der Waals surface area contributed by atoms with Gasteiger partial charge in [0.15, 0.2) is 0 Å². The molecule has 1 heterocycles. The average Bonchev–Trinajstić information content (AvgIpc) is 3.04. The summed E-state index contributed by atoms with van der Waals surface area (Å²) in [6.07, 6.45) is 1.51. The number of ether oxygens (including phenoxy) is 1. The molecule has 0 unspecified atom stereocenters. The van der Waals surface area contributed by atoms with Gasteiger partial charge in [-0.1, -0.05) is 83.2 Å². The lowest BCUT2D eigenvalue weighted by Gasteiger charge is -2.30. The third-order valence-corrected chi connectivity index (χ3v) is 5.84. The highest BCUT2D eigenvalue weighted by Gasteiger charge is 2.49. The molecule has 2 nitrogen and oxygen atoms in total. The predicted octanol–water partition coefficient (Wildman–Crippen LogP) is 4.78. The summed E-state index contributed by atoms with van der Waals surface area (Å²) in [4.78, 5) is 0. The SMILES string of the molecule is C=C(C[C@@]1(CO)CO[C@](CBr)(c2ccccc2)C1)c1ccccc1. The second kappa shape index (κ2) is 7.22. The van der Waals surface area contributed by atoms with Crippen molar-refractivity contribution in [1.82, 2.24) is 0 Å². The van der Waals surface area contributed by atoms with Crippen molar-refractivity contribution < 1.29 is 9.84 Å². The summed E-state index contributed by atoms with van der Waals surface area (Å²) in [5.74, 6) is 0. The Labute approximate surface area is 152 Å². The Kier molecular flexibility index (Phi) is 5.24. The Balaban J connectivity index is 1.83. The van der Waals surface area contributed by atoms with Crippen LogP contribution in [-0.4, -0.2) is 23.7 Å². The minimum Gasteiger partial charge on any atom is -0.396 e. The summed E-state index contributed by atoms with van der Waals surface area (Å²) in [5.41, 5.74) is 2.65. The molecule has 0 aliphatic carbocycles. The van der Waals surface area contributed by atoms with Crippen molar-refractivity contribution in [2.45, 2.75) is 18.4 Å². The molecule has 0 amide bonds. The van der Waals surface area contributed by atoms with Crippen LogP contribution in [0, 0.1) is 5.41 Å². The highest BCUT2D eigenvalue weighted by molar-refractivity contribution is 9.09. The predicted molar refractivity (Wildman–Crippen MR) is 102 cm³/mol. The number of hydrogen-bond donors (Lipinski definition) is 1. The van der Waals surface area contributed by atoms with Gasteiger partial charge < -0.3 is 9.84 Å². The van der Waals surface area contributed by atoms with E-state index in [0.29, 0.717) is 11.9 Å². The highest BCUT2D eigenvalue weighted by atomic mass is 79.9. The first-order chi connectivity index (χ1) is 11.6. The van der Waals surface area contributed by atoms with Gasteiger partial charge >= 0.3 is 0 Å². The summed E-state index contributed by atoms with van der Waals surface area (Å²) in [6.45, 7) is 4.88. The summed E-state index contributed by atoms with van der Waals surface area (Å²) in [6, 6.07) is 20.4. The number of benzene rings is 2. The molecule has 0 radical (unpaired) electrons. The molecule has 1 fully saturated rings. The van der Waals surface area contributed by atoms with Crippen molar-refractivity contribution in [3.8, 4) is 0 Å². The van der Waals surface area contributed by atoms with E-state index in [1.807, 2.05) is 36.4 Å². The lowest BCUT2D eigenvalue weighted by molar-refractivity contribution is 0.0147. The molecule has 2 aromatic carbocycles. The van der Waals surface area contributed by atoms with Gasteiger partial charge in [0.2, 0.25) is 0 Å². The van der Waals surface area contributed by atoms with Gasteiger partial charge in [-0.25, -0.2) is 0 Å². The normalized spacial score (nSPS) is 26.4. The molecule has 3 heteroatoms. The van der Waals surface area contributed by atoms with Gasteiger partial charge in [0.25, 0.3) is 0 Å². The van der Waals surface area contributed by atoms with E-state index in [4.69, 9.17) is 4.74 Å². The number of hydrogen-bond acceptors (Lipinski definition) is 2. The van der Waals surface area contributed by atoms with Crippen LogP contribution in [-0.2, 0) is 10.3 Å². The van der Waals surface area contributed by atoms with E-state index in [1.165, 1.54) is 0 Å². The summed E-state index contributed by atoms with van der Waals surface area (Å²) in [5, 5.41) is 10.9. The molecular weight excluding hydrogens is 364 g/mol. The zero-order valence-electron chi connectivity index (χ0n) is 13.7. The highest BCUT2D eigenvalue weighted by Crippen LogP contribution is 2.50. The number of aliphatic hydroxyl groups is 1. The van der Waals surface area contributed by atoms with Crippen LogP contribution in [0.5, 0.6) is 0 Å². The maximum atomic E-state index is 10.2. The molecule has 1 aliphatic rings. The molecule has 2 aromatic rings. The van der Waals surface area contributed by atoms with Crippen LogP contribution in [0.4, 0.5) is 0 Å². The molecular formula is C21H23BrO2. The van der Waals surface area contributed by atoms with Crippen LogP contribution < -0.4 is 0 Å². The number of alkyl halides is 1. The minimum atomic E-state index is -0.388. The van der Waals surface area contributed by atoms with Crippen molar-refractivity contribution in [3.05, 3.63) is 78.4 Å². The summed E-state index contributed by atoms with van der Waals surface area (Å²) in [7, 11) is 0. The Morgan fingerprint density at radius 2 is 1.71 bits per heavy atom. The number of allylic oxidation sites excluding steroid dienone is 1. The number of rotatable bonds is 6. The zero-order valence-corrected chi connectivity index (χ0v) is 15.3. The van der Waals surface area contributed by atoms with E-state index in [-0.39, 0.29) is 17.6 Å². The van der Waals surface area contributed by atoms with E-state index in [0.717, 1.165) is 29.5 Å². The topological polar surface area (TPSA) is 29.5 Å². The van der Waals surface area contributed by atoms with Crippen LogP contribution >= 0.6 is 15.9 Å². The molecule has 0 bridgehead atoms. The second-order valence-electron chi connectivity index (χ2n) is 6.76. The van der Waals surface area contributed by atoms with Gasteiger partial charge in [-0.3, -0.25) is 0 Å². The van der Waals surface area contributed by atoms with Crippen LogP contribution in [0.15, 0.2) is 67.2 Å². The molecule has 0 saturated carbocycles. The quantitative estimate of drug-likeness (QED) is 0.723.